The third kappa shape index (κ3) is 4.62. The van der Waals surface area contributed by atoms with Crippen molar-refractivity contribution in [2.45, 2.75) is 25.3 Å². The maximum Gasteiger partial charge on any atom is 0.263 e. The summed E-state index contributed by atoms with van der Waals surface area (Å²) in [7, 11) is -3.72. The Bertz CT molecular complexity index is 1050. The Kier molecular flexibility index (Phi) is 5.41. The lowest BCUT2D eigenvalue weighted by atomic mass is 10.2. The molecule has 5 nitrogen and oxygen atoms in total. The van der Waals surface area contributed by atoms with Gasteiger partial charge in [0.1, 0.15) is 11.6 Å². The summed E-state index contributed by atoms with van der Waals surface area (Å²) < 4.78 is 41.2. The second-order valence-electron chi connectivity index (χ2n) is 6.25. The van der Waals surface area contributed by atoms with Crippen molar-refractivity contribution >= 4 is 21.5 Å². The number of benzene rings is 2. The molecule has 0 atom stereocenters. The summed E-state index contributed by atoms with van der Waals surface area (Å²) >= 11 is 0. The maximum absolute atomic E-state index is 13.6. The van der Waals surface area contributed by atoms with Crippen molar-refractivity contribution < 1.29 is 12.8 Å². The molecule has 3 aromatic rings. The molecule has 0 radical (unpaired) electrons. The van der Waals surface area contributed by atoms with Gasteiger partial charge in [0.05, 0.1) is 16.8 Å². The standard InChI is InChI=1S/C20H20FN3O2S/c1-14-7-9-19(15(2)11-14)27(25,26)24-20-10-8-17(13-23-20)22-12-16-5-3-4-6-18(16)21/h3-11,13,22H,12H2,1-2H3,(H,23,24). The normalized spacial score (nSPS) is 11.2. The fraction of sp³-hybridized carbons (Fsp3) is 0.150. The molecule has 2 aromatic carbocycles. The number of pyridine rings is 1. The second kappa shape index (κ2) is 7.75. The Morgan fingerprint density at radius 3 is 2.48 bits per heavy atom. The van der Waals surface area contributed by atoms with E-state index in [-0.39, 0.29) is 16.5 Å². The molecular weight excluding hydrogens is 365 g/mol. The van der Waals surface area contributed by atoms with E-state index in [4.69, 9.17) is 0 Å². The van der Waals surface area contributed by atoms with Crippen LogP contribution in [0.1, 0.15) is 16.7 Å². The van der Waals surface area contributed by atoms with E-state index in [1.165, 1.54) is 12.3 Å². The molecule has 0 amide bonds. The predicted molar refractivity (Wildman–Crippen MR) is 105 cm³/mol. The van der Waals surface area contributed by atoms with Crippen LogP contribution >= 0.6 is 0 Å². The number of sulfonamides is 1. The number of nitrogens with zero attached hydrogens (tertiary/aromatic N) is 1. The van der Waals surface area contributed by atoms with Crippen LogP contribution in [-0.4, -0.2) is 13.4 Å². The first-order chi connectivity index (χ1) is 12.8. The average molecular weight is 385 g/mol. The zero-order valence-corrected chi connectivity index (χ0v) is 15.8. The van der Waals surface area contributed by atoms with Crippen LogP contribution in [0.25, 0.3) is 0 Å². The van der Waals surface area contributed by atoms with Crippen LogP contribution in [-0.2, 0) is 16.6 Å². The predicted octanol–water partition coefficient (Wildman–Crippen LogP) is 4.25. The van der Waals surface area contributed by atoms with Crippen molar-refractivity contribution in [1.82, 2.24) is 4.98 Å². The Morgan fingerprint density at radius 1 is 1.04 bits per heavy atom. The lowest BCUT2D eigenvalue weighted by molar-refractivity contribution is 0.600. The van der Waals surface area contributed by atoms with Gasteiger partial charge in [0.25, 0.3) is 10.0 Å². The highest BCUT2D eigenvalue weighted by molar-refractivity contribution is 7.92. The van der Waals surface area contributed by atoms with Gasteiger partial charge in [-0.25, -0.2) is 17.8 Å². The van der Waals surface area contributed by atoms with E-state index >= 15 is 0 Å². The van der Waals surface area contributed by atoms with E-state index in [2.05, 4.69) is 15.0 Å². The maximum atomic E-state index is 13.6. The minimum Gasteiger partial charge on any atom is -0.380 e. The first-order valence-corrected chi connectivity index (χ1v) is 9.87. The van der Waals surface area contributed by atoms with Crippen LogP contribution in [0.5, 0.6) is 0 Å². The molecule has 0 unspecified atom stereocenters. The molecule has 0 spiro atoms. The van der Waals surface area contributed by atoms with Gasteiger partial charge in [-0.1, -0.05) is 35.9 Å². The number of aryl methyl sites for hydroxylation is 2. The highest BCUT2D eigenvalue weighted by atomic mass is 32.2. The Morgan fingerprint density at radius 2 is 1.81 bits per heavy atom. The van der Waals surface area contributed by atoms with Gasteiger partial charge in [-0.2, -0.15) is 0 Å². The molecule has 3 rings (SSSR count). The fourth-order valence-corrected chi connectivity index (χ4v) is 3.93. The van der Waals surface area contributed by atoms with Crippen LogP contribution in [0.3, 0.4) is 0 Å². The summed E-state index contributed by atoms with van der Waals surface area (Å²) in [5.41, 5.74) is 2.87. The van der Waals surface area contributed by atoms with Crippen LogP contribution < -0.4 is 10.0 Å². The number of hydrogen-bond donors (Lipinski definition) is 2. The Balaban J connectivity index is 1.69. The molecule has 7 heteroatoms. The average Bonchev–Trinajstić information content (AvgIpc) is 2.61. The number of anilines is 2. The molecular formula is C20H20FN3O2S. The molecule has 140 valence electrons. The lowest BCUT2D eigenvalue weighted by Gasteiger charge is -2.11. The van der Waals surface area contributed by atoms with E-state index in [1.807, 2.05) is 13.0 Å². The van der Waals surface area contributed by atoms with Gasteiger partial charge in [-0.3, -0.25) is 4.72 Å². The van der Waals surface area contributed by atoms with Crippen LogP contribution in [0.15, 0.2) is 65.7 Å². The highest BCUT2D eigenvalue weighted by Crippen LogP contribution is 2.20. The zero-order chi connectivity index (χ0) is 19.4. The van der Waals surface area contributed by atoms with Gasteiger partial charge < -0.3 is 5.32 Å². The van der Waals surface area contributed by atoms with Crippen molar-refractivity contribution in [2.24, 2.45) is 0 Å². The summed E-state index contributed by atoms with van der Waals surface area (Å²) in [6.45, 7) is 3.97. The summed E-state index contributed by atoms with van der Waals surface area (Å²) in [6, 6.07) is 14.9. The van der Waals surface area contributed by atoms with Gasteiger partial charge in [0, 0.05) is 12.1 Å². The van der Waals surface area contributed by atoms with Crippen LogP contribution in [0.4, 0.5) is 15.9 Å². The smallest absolute Gasteiger partial charge is 0.263 e. The van der Waals surface area contributed by atoms with Gasteiger partial charge in [0.2, 0.25) is 0 Å². The SMILES string of the molecule is Cc1ccc(S(=O)(=O)Nc2ccc(NCc3ccccc3F)cn2)c(C)c1. The quantitative estimate of drug-likeness (QED) is 0.665. The second-order valence-corrected chi connectivity index (χ2v) is 7.90. The van der Waals surface area contributed by atoms with Crippen molar-refractivity contribution in [3.05, 3.63) is 83.3 Å². The number of halogens is 1. The van der Waals surface area contributed by atoms with Gasteiger partial charge in [-0.05, 0) is 43.7 Å². The van der Waals surface area contributed by atoms with E-state index in [0.29, 0.717) is 23.4 Å². The Labute approximate surface area is 158 Å². The van der Waals surface area contributed by atoms with E-state index < -0.39 is 10.0 Å². The van der Waals surface area contributed by atoms with Crippen molar-refractivity contribution in [1.29, 1.82) is 0 Å². The fourth-order valence-electron chi connectivity index (χ4n) is 2.69. The number of hydrogen-bond acceptors (Lipinski definition) is 4. The van der Waals surface area contributed by atoms with Crippen molar-refractivity contribution in [2.75, 3.05) is 10.0 Å². The van der Waals surface area contributed by atoms with Gasteiger partial charge >= 0.3 is 0 Å². The zero-order valence-electron chi connectivity index (χ0n) is 15.0. The molecule has 1 heterocycles. The molecule has 0 aliphatic carbocycles. The minimum absolute atomic E-state index is 0.214. The summed E-state index contributed by atoms with van der Waals surface area (Å²) in [4.78, 5) is 4.34. The molecule has 0 saturated carbocycles. The van der Waals surface area contributed by atoms with Crippen LogP contribution in [0.2, 0.25) is 0 Å². The Hall–Kier alpha value is -2.93. The summed E-state index contributed by atoms with van der Waals surface area (Å²) in [5.74, 6) is -0.0674. The first kappa shape index (κ1) is 18.8. The highest BCUT2D eigenvalue weighted by Gasteiger charge is 2.17. The summed E-state index contributed by atoms with van der Waals surface area (Å²) in [6.07, 6.45) is 1.50. The number of rotatable bonds is 6. The van der Waals surface area contributed by atoms with Gasteiger partial charge in [0.15, 0.2) is 0 Å². The molecule has 1 aromatic heterocycles. The summed E-state index contributed by atoms with van der Waals surface area (Å²) in [5, 5.41) is 3.06. The number of nitrogens with one attached hydrogen (secondary N) is 2. The van der Waals surface area contributed by atoms with Crippen molar-refractivity contribution in [3.8, 4) is 0 Å². The third-order valence-corrected chi connectivity index (χ3v) is 5.58. The number of aromatic nitrogens is 1. The molecule has 2 N–H and O–H groups in total. The molecule has 0 aliphatic rings. The molecule has 0 fully saturated rings. The van der Waals surface area contributed by atoms with Gasteiger partial charge in [-0.15, -0.1) is 0 Å². The molecule has 0 aliphatic heterocycles. The molecule has 0 saturated heterocycles. The van der Waals surface area contributed by atoms with E-state index in [0.717, 1.165) is 5.56 Å². The third-order valence-electron chi connectivity index (χ3n) is 4.06. The molecule has 27 heavy (non-hydrogen) atoms. The van der Waals surface area contributed by atoms with E-state index in [1.54, 1.807) is 49.4 Å². The molecule has 0 bridgehead atoms. The van der Waals surface area contributed by atoms with Crippen molar-refractivity contribution in [3.63, 3.8) is 0 Å². The topological polar surface area (TPSA) is 71.1 Å². The van der Waals surface area contributed by atoms with E-state index in [9.17, 15) is 12.8 Å². The lowest BCUT2D eigenvalue weighted by Crippen LogP contribution is -2.15. The first-order valence-electron chi connectivity index (χ1n) is 8.38. The monoisotopic (exact) mass is 385 g/mol. The minimum atomic E-state index is -3.72. The van der Waals surface area contributed by atoms with Crippen LogP contribution in [0, 0.1) is 19.7 Å². The largest absolute Gasteiger partial charge is 0.380 e.